The lowest BCUT2D eigenvalue weighted by Crippen LogP contribution is -2.11. The zero-order valence-electron chi connectivity index (χ0n) is 8.82. The van der Waals surface area contributed by atoms with E-state index in [0.29, 0.717) is 0 Å². The van der Waals surface area contributed by atoms with E-state index in [0.717, 1.165) is 13.1 Å². The van der Waals surface area contributed by atoms with Gasteiger partial charge in [-0.15, -0.1) is 12.4 Å². The van der Waals surface area contributed by atoms with Crippen LogP contribution in [0.2, 0.25) is 0 Å². The summed E-state index contributed by atoms with van der Waals surface area (Å²) in [6.45, 7) is 9.98. The molecule has 0 unspecified atom stereocenters. The predicted octanol–water partition coefficient (Wildman–Crippen LogP) is 2.07. The third-order valence-electron chi connectivity index (χ3n) is 1.05. The van der Waals surface area contributed by atoms with E-state index in [-0.39, 0.29) is 17.8 Å². The van der Waals surface area contributed by atoms with Gasteiger partial charge in [0.05, 0.1) is 6.54 Å². The van der Waals surface area contributed by atoms with Crippen molar-refractivity contribution in [2.24, 2.45) is 5.41 Å². The molecule has 0 heterocycles. The number of hydrogen-bond acceptors (Lipinski definition) is 1. The Kier molecular flexibility index (Phi) is 9.14. The maximum atomic E-state index is 3.10. The highest BCUT2D eigenvalue weighted by Gasteiger charge is 2.02. The third kappa shape index (κ3) is 14.2. The smallest absolute Gasteiger partial charge is 0.0586 e. The second-order valence-corrected chi connectivity index (χ2v) is 3.58. The Labute approximate surface area is 88.1 Å². The van der Waals surface area contributed by atoms with Gasteiger partial charge < -0.3 is 5.32 Å². The normalized spacial score (nSPS) is 8.62. The molecule has 0 aromatic rings. The van der Waals surface area contributed by atoms with Gasteiger partial charge in [-0.25, -0.2) is 0 Å². The molecule has 74 valence electrons. The molecule has 0 atom stereocenters. The van der Waals surface area contributed by atoms with Gasteiger partial charge in [-0.1, -0.05) is 18.8 Å². The van der Waals surface area contributed by atoms with Crippen LogP contribution in [-0.2, 0) is 0 Å². The maximum Gasteiger partial charge on any atom is 0.0586 e. The van der Waals surface area contributed by atoms with E-state index in [1.165, 1.54) is 0 Å². The van der Waals surface area contributed by atoms with Crippen LogP contribution in [0.3, 0.4) is 0 Å². The van der Waals surface area contributed by atoms with Gasteiger partial charge in [0.2, 0.25) is 0 Å². The molecule has 0 fully saturated rings. The van der Waals surface area contributed by atoms with Crippen LogP contribution in [0.25, 0.3) is 0 Å². The molecular weight excluding hydrogens is 182 g/mol. The molecular formula is C11H18ClN. The summed E-state index contributed by atoms with van der Waals surface area (Å²) in [4.78, 5) is 0. The summed E-state index contributed by atoms with van der Waals surface area (Å²) >= 11 is 0. The first-order chi connectivity index (χ1) is 5.56. The molecule has 0 bridgehead atoms. The minimum Gasteiger partial charge on any atom is -0.306 e. The van der Waals surface area contributed by atoms with Crippen molar-refractivity contribution in [2.75, 3.05) is 13.1 Å². The Hall–Kier alpha value is -0.630. The van der Waals surface area contributed by atoms with Gasteiger partial charge in [-0.2, -0.15) is 0 Å². The Morgan fingerprint density at radius 2 is 1.77 bits per heavy atom. The van der Waals surface area contributed by atoms with E-state index in [2.05, 4.69) is 56.7 Å². The molecule has 2 heteroatoms. The number of halogens is 1. The topological polar surface area (TPSA) is 12.0 Å². The molecule has 1 nitrogen and oxygen atoms in total. The van der Waals surface area contributed by atoms with Crippen LogP contribution in [-0.4, -0.2) is 13.1 Å². The number of nitrogens with one attached hydrogen (secondary N) is 1. The molecule has 0 saturated heterocycles. The Balaban J connectivity index is 0. The van der Waals surface area contributed by atoms with Crippen LogP contribution in [0, 0.1) is 29.1 Å². The summed E-state index contributed by atoms with van der Waals surface area (Å²) in [5, 5.41) is 3.10. The molecule has 0 aromatic heterocycles. The van der Waals surface area contributed by atoms with Gasteiger partial charge in [-0.3, -0.25) is 0 Å². The molecule has 0 aromatic carbocycles. The van der Waals surface area contributed by atoms with Crippen molar-refractivity contribution in [3.8, 4) is 23.7 Å². The fourth-order valence-electron chi connectivity index (χ4n) is 0.495. The fraction of sp³-hybridized carbons (Fsp3) is 0.636. The van der Waals surface area contributed by atoms with Gasteiger partial charge in [-0.05, 0) is 39.2 Å². The summed E-state index contributed by atoms with van der Waals surface area (Å²) in [7, 11) is 0. The van der Waals surface area contributed by atoms with Crippen molar-refractivity contribution >= 4 is 12.4 Å². The second-order valence-electron chi connectivity index (χ2n) is 3.58. The van der Waals surface area contributed by atoms with Gasteiger partial charge in [0.15, 0.2) is 0 Å². The first-order valence-corrected chi connectivity index (χ1v) is 4.27. The molecule has 0 aliphatic heterocycles. The summed E-state index contributed by atoms with van der Waals surface area (Å²) < 4.78 is 0. The molecule has 0 spiro atoms. The van der Waals surface area contributed by atoms with Gasteiger partial charge in [0.1, 0.15) is 0 Å². The van der Waals surface area contributed by atoms with E-state index in [1.54, 1.807) is 0 Å². The van der Waals surface area contributed by atoms with Crippen molar-refractivity contribution < 1.29 is 0 Å². The molecule has 1 N–H and O–H groups in total. The molecule has 0 rings (SSSR count). The average molecular weight is 200 g/mol. The van der Waals surface area contributed by atoms with E-state index in [1.807, 2.05) is 0 Å². The van der Waals surface area contributed by atoms with Gasteiger partial charge in [0, 0.05) is 5.41 Å². The Morgan fingerprint density at radius 1 is 1.15 bits per heavy atom. The third-order valence-corrected chi connectivity index (χ3v) is 1.05. The van der Waals surface area contributed by atoms with Crippen molar-refractivity contribution in [2.45, 2.75) is 27.7 Å². The monoisotopic (exact) mass is 199 g/mol. The lowest BCUT2D eigenvalue weighted by Gasteiger charge is -2.05. The highest BCUT2D eigenvalue weighted by atomic mass is 35.5. The second kappa shape index (κ2) is 7.99. The zero-order valence-corrected chi connectivity index (χ0v) is 9.64. The van der Waals surface area contributed by atoms with Gasteiger partial charge >= 0.3 is 0 Å². The van der Waals surface area contributed by atoms with Crippen LogP contribution in [0.15, 0.2) is 0 Å². The quantitative estimate of drug-likeness (QED) is 0.531. The molecule has 0 saturated carbocycles. The van der Waals surface area contributed by atoms with Crippen LogP contribution < -0.4 is 5.32 Å². The van der Waals surface area contributed by atoms with Crippen LogP contribution >= 0.6 is 12.4 Å². The van der Waals surface area contributed by atoms with Gasteiger partial charge in [0.25, 0.3) is 0 Å². The Bertz CT molecular complexity index is 229. The van der Waals surface area contributed by atoms with Crippen LogP contribution in [0.4, 0.5) is 0 Å². The fourth-order valence-corrected chi connectivity index (χ4v) is 0.495. The first-order valence-electron chi connectivity index (χ1n) is 4.27. The summed E-state index contributed by atoms with van der Waals surface area (Å²) in [6.07, 6.45) is 0. The molecule has 0 radical (unpaired) electrons. The number of rotatable bonds is 2. The lowest BCUT2D eigenvalue weighted by molar-refractivity contribution is 0.571. The highest BCUT2D eigenvalue weighted by molar-refractivity contribution is 5.85. The van der Waals surface area contributed by atoms with Crippen LogP contribution in [0.5, 0.6) is 0 Å². The summed E-state index contributed by atoms with van der Waals surface area (Å²) in [6, 6.07) is 0. The minimum atomic E-state index is 0. The largest absolute Gasteiger partial charge is 0.306 e. The van der Waals surface area contributed by atoms with Crippen molar-refractivity contribution in [1.29, 1.82) is 0 Å². The lowest BCUT2D eigenvalue weighted by atomic mass is 9.98. The van der Waals surface area contributed by atoms with Crippen molar-refractivity contribution in [3.05, 3.63) is 0 Å². The standard InChI is InChI=1S/C11H17N.ClH/c1-5-12-10-8-6-7-9-11(2,3)4;/h12H,5,10H2,1-4H3;1H. The zero-order chi connectivity index (χ0) is 9.45. The van der Waals surface area contributed by atoms with Crippen molar-refractivity contribution in [1.82, 2.24) is 5.32 Å². The highest BCUT2D eigenvalue weighted by Crippen LogP contribution is 2.09. The SMILES string of the molecule is CCNCC#CC#CC(C)(C)C.Cl. The molecule has 0 amide bonds. The van der Waals surface area contributed by atoms with E-state index < -0.39 is 0 Å². The predicted molar refractivity (Wildman–Crippen MR) is 60.8 cm³/mol. The maximum absolute atomic E-state index is 3.10. The minimum absolute atomic E-state index is 0. The Morgan fingerprint density at radius 3 is 2.23 bits per heavy atom. The first kappa shape index (κ1) is 14.9. The summed E-state index contributed by atoms with van der Waals surface area (Å²) in [5.41, 5.74) is 0.0624. The number of hydrogen-bond donors (Lipinski definition) is 1. The van der Waals surface area contributed by atoms with E-state index >= 15 is 0 Å². The van der Waals surface area contributed by atoms with E-state index in [9.17, 15) is 0 Å². The molecule has 0 aliphatic carbocycles. The van der Waals surface area contributed by atoms with Crippen molar-refractivity contribution in [3.63, 3.8) is 0 Å². The molecule has 0 aliphatic rings. The summed E-state index contributed by atoms with van der Waals surface area (Å²) in [5.74, 6) is 11.6. The van der Waals surface area contributed by atoms with Crippen LogP contribution in [0.1, 0.15) is 27.7 Å². The molecule has 13 heavy (non-hydrogen) atoms. The van der Waals surface area contributed by atoms with E-state index in [4.69, 9.17) is 0 Å². The average Bonchev–Trinajstić information content (AvgIpc) is 1.94.